The summed E-state index contributed by atoms with van der Waals surface area (Å²) < 4.78 is 0. The summed E-state index contributed by atoms with van der Waals surface area (Å²) >= 11 is 1.96. The number of thioether (sulfide) groups is 1. The van der Waals surface area contributed by atoms with E-state index >= 15 is 0 Å². The molecule has 2 aromatic rings. The second kappa shape index (κ2) is 8.53. The molecule has 0 N–H and O–H groups in total. The second-order valence-corrected chi connectivity index (χ2v) is 6.10. The van der Waals surface area contributed by atoms with Gasteiger partial charge in [0.1, 0.15) is 0 Å². The van der Waals surface area contributed by atoms with E-state index in [-0.39, 0.29) is 0 Å². The van der Waals surface area contributed by atoms with Crippen molar-refractivity contribution < 1.29 is 0 Å². The Bertz CT molecular complexity index is 545. The summed E-state index contributed by atoms with van der Waals surface area (Å²) in [6.07, 6.45) is 5.80. The van der Waals surface area contributed by atoms with E-state index in [4.69, 9.17) is 0 Å². The van der Waals surface area contributed by atoms with E-state index in [9.17, 15) is 0 Å². The number of allylic oxidation sites excluding steroid dienone is 2. The van der Waals surface area contributed by atoms with Gasteiger partial charge in [-0.15, -0.1) is 13.2 Å². The van der Waals surface area contributed by atoms with Crippen LogP contribution in [0.3, 0.4) is 0 Å². The van der Waals surface area contributed by atoms with Crippen LogP contribution >= 0.6 is 11.8 Å². The summed E-state index contributed by atoms with van der Waals surface area (Å²) in [4.78, 5) is 0. The quantitative estimate of drug-likeness (QED) is 0.573. The molecule has 108 valence electrons. The maximum absolute atomic E-state index is 3.80. The molecule has 0 aromatic heterocycles. The highest BCUT2D eigenvalue weighted by atomic mass is 32.2. The minimum Gasteiger partial charge on any atom is -0.152 e. The lowest BCUT2D eigenvalue weighted by atomic mass is 10.1. The van der Waals surface area contributed by atoms with Gasteiger partial charge in [0.25, 0.3) is 0 Å². The van der Waals surface area contributed by atoms with Gasteiger partial charge < -0.3 is 0 Å². The van der Waals surface area contributed by atoms with Crippen LogP contribution in [0.1, 0.15) is 22.3 Å². The van der Waals surface area contributed by atoms with Gasteiger partial charge in [-0.25, -0.2) is 0 Å². The summed E-state index contributed by atoms with van der Waals surface area (Å²) in [7, 11) is 0. The number of rotatable bonds is 8. The van der Waals surface area contributed by atoms with Gasteiger partial charge in [0.05, 0.1) is 0 Å². The topological polar surface area (TPSA) is 0 Å². The lowest BCUT2D eigenvalue weighted by molar-refractivity contribution is 1.23. The molecule has 0 saturated carbocycles. The van der Waals surface area contributed by atoms with Crippen LogP contribution in [-0.2, 0) is 24.3 Å². The summed E-state index contributed by atoms with van der Waals surface area (Å²) in [5.41, 5.74) is 5.47. The Morgan fingerprint density at radius 3 is 1.57 bits per heavy atom. The monoisotopic (exact) mass is 294 g/mol. The van der Waals surface area contributed by atoms with E-state index in [0.29, 0.717) is 0 Å². The second-order valence-electron chi connectivity index (χ2n) is 5.12. The normalized spacial score (nSPS) is 10.3. The van der Waals surface area contributed by atoms with Gasteiger partial charge in [-0.3, -0.25) is 0 Å². The highest BCUT2D eigenvalue weighted by molar-refractivity contribution is 7.97. The molecule has 21 heavy (non-hydrogen) atoms. The van der Waals surface area contributed by atoms with Crippen molar-refractivity contribution in [2.45, 2.75) is 24.3 Å². The van der Waals surface area contributed by atoms with E-state index in [1.807, 2.05) is 23.9 Å². The molecule has 2 rings (SSSR count). The van der Waals surface area contributed by atoms with Crippen LogP contribution in [-0.4, -0.2) is 0 Å². The van der Waals surface area contributed by atoms with Crippen LogP contribution in [0.5, 0.6) is 0 Å². The van der Waals surface area contributed by atoms with E-state index in [1.165, 1.54) is 22.3 Å². The molecule has 0 aliphatic rings. The average Bonchev–Trinajstić information content (AvgIpc) is 2.49. The first-order valence-corrected chi connectivity index (χ1v) is 8.42. The van der Waals surface area contributed by atoms with Gasteiger partial charge in [-0.1, -0.05) is 60.7 Å². The molecule has 0 aliphatic carbocycles. The van der Waals surface area contributed by atoms with Crippen molar-refractivity contribution in [3.63, 3.8) is 0 Å². The van der Waals surface area contributed by atoms with Crippen LogP contribution in [0.2, 0.25) is 0 Å². The maximum atomic E-state index is 3.80. The molecule has 0 radical (unpaired) electrons. The Morgan fingerprint density at radius 2 is 1.14 bits per heavy atom. The lowest BCUT2D eigenvalue weighted by Gasteiger charge is -2.06. The predicted molar refractivity (Wildman–Crippen MR) is 95.7 cm³/mol. The molecular formula is C20H22S. The third-order valence-corrected chi connectivity index (χ3v) is 4.36. The summed E-state index contributed by atoms with van der Waals surface area (Å²) in [6, 6.07) is 17.6. The zero-order valence-corrected chi connectivity index (χ0v) is 13.2. The molecule has 2 aromatic carbocycles. The van der Waals surface area contributed by atoms with Crippen molar-refractivity contribution in [1.82, 2.24) is 0 Å². The highest BCUT2D eigenvalue weighted by Gasteiger charge is 1.99. The molecule has 0 amide bonds. The molecule has 0 unspecified atom stereocenters. The van der Waals surface area contributed by atoms with Gasteiger partial charge in [-0.2, -0.15) is 11.8 Å². The maximum Gasteiger partial charge on any atom is 0.0188 e. The van der Waals surface area contributed by atoms with Gasteiger partial charge in [0.2, 0.25) is 0 Å². The Hall–Kier alpha value is -1.73. The number of benzene rings is 2. The van der Waals surface area contributed by atoms with Gasteiger partial charge in [-0.05, 0) is 35.1 Å². The van der Waals surface area contributed by atoms with Crippen molar-refractivity contribution in [3.8, 4) is 0 Å². The van der Waals surface area contributed by atoms with Crippen LogP contribution in [0.25, 0.3) is 0 Å². The van der Waals surface area contributed by atoms with Crippen molar-refractivity contribution in [2.24, 2.45) is 0 Å². The van der Waals surface area contributed by atoms with Crippen molar-refractivity contribution >= 4 is 11.8 Å². The Morgan fingerprint density at radius 1 is 0.714 bits per heavy atom. The third-order valence-electron chi connectivity index (χ3n) is 3.28. The van der Waals surface area contributed by atoms with Gasteiger partial charge in [0.15, 0.2) is 0 Å². The fraction of sp³-hybridized carbons (Fsp3) is 0.200. The first kappa shape index (κ1) is 15.7. The third kappa shape index (κ3) is 5.28. The molecule has 0 spiro atoms. The Balaban J connectivity index is 1.89. The van der Waals surface area contributed by atoms with E-state index < -0.39 is 0 Å². The minimum atomic E-state index is 0.947. The van der Waals surface area contributed by atoms with Crippen molar-refractivity contribution in [1.29, 1.82) is 0 Å². The van der Waals surface area contributed by atoms with E-state index in [0.717, 1.165) is 24.3 Å². The van der Waals surface area contributed by atoms with Gasteiger partial charge in [0, 0.05) is 11.5 Å². The van der Waals surface area contributed by atoms with E-state index in [1.54, 1.807) is 0 Å². The fourth-order valence-corrected chi connectivity index (χ4v) is 3.25. The zero-order valence-electron chi connectivity index (χ0n) is 12.4. The van der Waals surface area contributed by atoms with Crippen LogP contribution in [0.15, 0.2) is 73.8 Å². The minimum absolute atomic E-state index is 0.947. The van der Waals surface area contributed by atoms with Crippen molar-refractivity contribution in [3.05, 3.63) is 96.1 Å². The standard InChI is InChI=1S/C20H22S/c1-3-7-17-9-5-11-19(13-17)15-21-16-20-12-6-10-18(14-20)8-4-2/h3-6,9-14H,1-2,7-8,15-16H2. The molecule has 0 atom stereocenters. The van der Waals surface area contributed by atoms with Crippen LogP contribution in [0, 0.1) is 0 Å². The molecule has 0 aliphatic heterocycles. The number of hydrogen-bond donors (Lipinski definition) is 0. The first-order chi connectivity index (χ1) is 10.3. The Kier molecular flexibility index (Phi) is 6.36. The average molecular weight is 294 g/mol. The zero-order chi connectivity index (χ0) is 14.9. The molecule has 0 saturated heterocycles. The van der Waals surface area contributed by atoms with E-state index in [2.05, 4.69) is 61.7 Å². The molecule has 0 fully saturated rings. The van der Waals surface area contributed by atoms with Gasteiger partial charge >= 0.3 is 0 Å². The van der Waals surface area contributed by atoms with Crippen molar-refractivity contribution in [2.75, 3.05) is 0 Å². The summed E-state index contributed by atoms with van der Waals surface area (Å²) in [6.45, 7) is 7.60. The summed E-state index contributed by atoms with van der Waals surface area (Å²) in [5, 5.41) is 0. The molecule has 0 nitrogen and oxygen atoms in total. The van der Waals surface area contributed by atoms with Crippen LogP contribution in [0.4, 0.5) is 0 Å². The summed E-state index contributed by atoms with van der Waals surface area (Å²) in [5.74, 6) is 2.10. The fourth-order valence-electron chi connectivity index (χ4n) is 2.31. The number of hydrogen-bond acceptors (Lipinski definition) is 1. The molecule has 0 heterocycles. The molecular weight excluding hydrogens is 272 g/mol. The molecule has 0 bridgehead atoms. The predicted octanol–water partition coefficient (Wildman–Crippen LogP) is 5.58. The highest BCUT2D eigenvalue weighted by Crippen LogP contribution is 2.19. The Labute approximate surface area is 132 Å². The smallest absolute Gasteiger partial charge is 0.0188 e. The van der Waals surface area contributed by atoms with Crippen LogP contribution < -0.4 is 0 Å². The SMILES string of the molecule is C=CCc1cccc(CSCc2cccc(CC=C)c2)c1. The first-order valence-electron chi connectivity index (χ1n) is 7.27. The lowest BCUT2D eigenvalue weighted by Crippen LogP contribution is -1.88. The molecule has 1 heteroatoms. The largest absolute Gasteiger partial charge is 0.152 e.